The third kappa shape index (κ3) is 2.76. The van der Waals surface area contributed by atoms with Crippen molar-refractivity contribution in [2.45, 2.75) is 19.1 Å². The maximum absolute atomic E-state index is 5.87. The van der Waals surface area contributed by atoms with Crippen LogP contribution in [0.2, 0.25) is 0 Å². The van der Waals surface area contributed by atoms with Crippen molar-refractivity contribution >= 4 is 22.6 Å². The molecule has 1 unspecified atom stereocenters. The number of hydrogen-bond acceptors (Lipinski definition) is 3. The van der Waals surface area contributed by atoms with Gasteiger partial charge in [0.1, 0.15) is 5.82 Å². The Balaban J connectivity index is 1.92. The molecule has 1 aliphatic rings. The number of aryl methyl sites for hydroxylation is 1. The topological polar surface area (TPSA) is 36.3 Å². The molecule has 3 rings (SSSR count). The Morgan fingerprint density at radius 2 is 2.21 bits per heavy atom. The molecule has 0 N–H and O–H groups in total. The first-order valence-electron chi connectivity index (χ1n) is 6.58. The predicted octanol–water partition coefficient (Wildman–Crippen LogP) is 2.23. The van der Waals surface area contributed by atoms with Gasteiger partial charge in [-0.2, -0.15) is 0 Å². The average Bonchev–Trinajstić information content (AvgIpc) is 2.79. The van der Waals surface area contributed by atoms with Gasteiger partial charge in [0.2, 0.25) is 0 Å². The molecular formula is C14H17ClN2O2. The number of hydrogen-bond donors (Lipinski definition) is 0. The van der Waals surface area contributed by atoms with Crippen LogP contribution in [0.15, 0.2) is 24.3 Å². The minimum Gasteiger partial charge on any atom is -0.376 e. The Morgan fingerprint density at radius 3 is 3.00 bits per heavy atom. The van der Waals surface area contributed by atoms with Crippen molar-refractivity contribution in [3.8, 4) is 0 Å². The number of benzene rings is 1. The van der Waals surface area contributed by atoms with Crippen LogP contribution in [0.4, 0.5) is 0 Å². The highest BCUT2D eigenvalue weighted by molar-refractivity contribution is 6.17. The number of fused-ring (bicyclic) bond motifs is 1. The molecule has 1 aromatic heterocycles. The Hall–Kier alpha value is -1.10. The first kappa shape index (κ1) is 12.9. The van der Waals surface area contributed by atoms with E-state index in [1.54, 1.807) is 0 Å². The molecule has 2 heterocycles. The second-order valence-corrected chi connectivity index (χ2v) is 5.01. The lowest BCUT2D eigenvalue weighted by molar-refractivity contribution is -0.0934. The quantitative estimate of drug-likeness (QED) is 0.806. The minimum atomic E-state index is 0.0976. The number of para-hydroxylation sites is 2. The van der Waals surface area contributed by atoms with Gasteiger partial charge in [0, 0.05) is 12.3 Å². The third-order valence-electron chi connectivity index (χ3n) is 3.32. The van der Waals surface area contributed by atoms with Crippen LogP contribution >= 0.6 is 11.6 Å². The van der Waals surface area contributed by atoms with Gasteiger partial charge >= 0.3 is 0 Å². The van der Waals surface area contributed by atoms with Crippen molar-refractivity contribution in [3.05, 3.63) is 30.1 Å². The Kier molecular flexibility index (Phi) is 4.01. The molecule has 0 spiro atoms. The van der Waals surface area contributed by atoms with E-state index in [0.29, 0.717) is 25.7 Å². The van der Waals surface area contributed by atoms with Crippen molar-refractivity contribution in [1.82, 2.24) is 9.55 Å². The standard InChI is InChI=1S/C14H17ClN2O2/c15-6-5-14-16-12-3-1-2-4-13(12)17(14)9-11-10-18-7-8-19-11/h1-4,11H,5-10H2. The summed E-state index contributed by atoms with van der Waals surface area (Å²) in [6.45, 7) is 2.78. The van der Waals surface area contributed by atoms with Gasteiger partial charge in [-0.1, -0.05) is 12.1 Å². The van der Waals surface area contributed by atoms with Gasteiger partial charge in [-0.25, -0.2) is 4.98 Å². The summed E-state index contributed by atoms with van der Waals surface area (Å²) >= 11 is 5.87. The number of rotatable bonds is 4. The van der Waals surface area contributed by atoms with E-state index in [0.717, 1.165) is 29.8 Å². The number of alkyl halides is 1. The van der Waals surface area contributed by atoms with Crippen LogP contribution in [0, 0.1) is 0 Å². The van der Waals surface area contributed by atoms with Gasteiger partial charge in [0.25, 0.3) is 0 Å². The van der Waals surface area contributed by atoms with Crippen molar-refractivity contribution in [1.29, 1.82) is 0 Å². The van der Waals surface area contributed by atoms with Crippen molar-refractivity contribution in [2.75, 3.05) is 25.7 Å². The minimum absolute atomic E-state index is 0.0976. The zero-order chi connectivity index (χ0) is 13.1. The molecule has 0 aliphatic carbocycles. The molecule has 5 heteroatoms. The first-order chi connectivity index (χ1) is 9.38. The molecule has 19 heavy (non-hydrogen) atoms. The lowest BCUT2D eigenvalue weighted by Gasteiger charge is -2.24. The van der Waals surface area contributed by atoms with Gasteiger partial charge in [0.15, 0.2) is 0 Å². The van der Waals surface area contributed by atoms with Gasteiger partial charge in [0.05, 0.1) is 43.5 Å². The molecule has 0 saturated carbocycles. The molecule has 0 amide bonds. The molecule has 0 bridgehead atoms. The maximum atomic E-state index is 5.87. The Morgan fingerprint density at radius 1 is 1.32 bits per heavy atom. The van der Waals surface area contributed by atoms with E-state index >= 15 is 0 Å². The lowest BCUT2D eigenvalue weighted by atomic mass is 10.3. The Labute approximate surface area is 117 Å². The Bertz CT molecular complexity index is 549. The van der Waals surface area contributed by atoms with E-state index in [9.17, 15) is 0 Å². The smallest absolute Gasteiger partial charge is 0.111 e. The molecule has 4 nitrogen and oxygen atoms in total. The molecule has 1 aliphatic heterocycles. The second-order valence-electron chi connectivity index (χ2n) is 4.63. The fourth-order valence-electron chi connectivity index (χ4n) is 2.45. The van der Waals surface area contributed by atoms with Crippen LogP contribution in [-0.4, -0.2) is 41.4 Å². The van der Waals surface area contributed by atoms with Gasteiger partial charge in [-0.3, -0.25) is 0 Å². The molecule has 1 saturated heterocycles. The summed E-state index contributed by atoms with van der Waals surface area (Å²) in [4.78, 5) is 4.65. The van der Waals surface area contributed by atoms with E-state index in [4.69, 9.17) is 21.1 Å². The fourth-order valence-corrected chi connectivity index (χ4v) is 2.62. The highest BCUT2D eigenvalue weighted by Crippen LogP contribution is 2.18. The summed E-state index contributed by atoms with van der Waals surface area (Å²) in [5.41, 5.74) is 2.15. The molecule has 0 radical (unpaired) electrons. The van der Waals surface area contributed by atoms with Crippen LogP contribution in [0.5, 0.6) is 0 Å². The highest BCUT2D eigenvalue weighted by Gasteiger charge is 2.18. The first-order valence-corrected chi connectivity index (χ1v) is 7.11. The normalized spacial score (nSPS) is 19.9. The summed E-state index contributed by atoms with van der Waals surface area (Å²) in [6, 6.07) is 8.15. The monoisotopic (exact) mass is 280 g/mol. The zero-order valence-corrected chi connectivity index (χ0v) is 11.5. The molecular weight excluding hydrogens is 264 g/mol. The summed E-state index contributed by atoms with van der Waals surface area (Å²) < 4.78 is 13.4. The molecule has 102 valence electrons. The molecule has 1 fully saturated rings. The summed E-state index contributed by atoms with van der Waals surface area (Å²) in [5, 5.41) is 0. The predicted molar refractivity (Wildman–Crippen MR) is 74.7 cm³/mol. The number of aromatic nitrogens is 2. The van der Waals surface area contributed by atoms with E-state index in [1.807, 2.05) is 18.2 Å². The largest absolute Gasteiger partial charge is 0.376 e. The van der Waals surface area contributed by atoms with Gasteiger partial charge < -0.3 is 14.0 Å². The molecule has 2 aromatic rings. The van der Waals surface area contributed by atoms with Gasteiger partial charge in [-0.15, -0.1) is 11.6 Å². The van der Waals surface area contributed by atoms with Crippen molar-refractivity contribution in [2.24, 2.45) is 0 Å². The maximum Gasteiger partial charge on any atom is 0.111 e. The number of imidazole rings is 1. The second kappa shape index (κ2) is 5.90. The van der Waals surface area contributed by atoms with Crippen molar-refractivity contribution < 1.29 is 9.47 Å². The van der Waals surface area contributed by atoms with E-state index in [1.165, 1.54) is 0 Å². The highest BCUT2D eigenvalue weighted by atomic mass is 35.5. The average molecular weight is 281 g/mol. The number of halogens is 1. The number of nitrogens with zero attached hydrogens (tertiary/aromatic N) is 2. The zero-order valence-electron chi connectivity index (χ0n) is 10.7. The fraction of sp³-hybridized carbons (Fsp3) is 0.500. The van der Waals surface area contributed by atoms with E-state index in [2.05, 4.69) is 15.6 Å². The van der Waals surface area contributed by atoms with Crippen LogP contribution in [0.25, 0.3) is 11.0 Å². The van der Waals surface area contributed by atoms with Crippen molar-refractivity contribution in [3.63, 3.8) is 0 Å². The lowest BCUT2D eigenvalue weighted by Crippen LogP contribution is -2.32. The van der Waals surface area contributed by atoms with E-state index < -0.39 is 0 Å². The molecule has 1 aromatic carbocycles. The van der Waals surface area contributed by atoms with Crippen LogP contribution in [0.1, 0.15) is 5.82 Å². The third-order valence-corrected chi connectivity index (χ3v) is 3.51. The summed E-state index contributed by atoms with van der Waals surface area (Å²) in [5.74, 6) is 1.59. The van der Waals surface area contributed by atoms with Crippen LogP contribution < -0.4 is 0 Å². The van der Waals surface area contributed by atoms with Gasteiger partial charge in [-0.05, 0) is 12.1 Å². The summed E-state index contributed by atoms with van der Waals surface area (Å²) in [7, 11) is 0. The summed E-state index contributed by atoms with van der Waals surface area (Å²) in [6.07, 6.45) is 0.865. The van der Waals surface area contributed by atoms with Crippen LogP contribution in [0.3, 0.4) is 0 Å². The van der Waals surface area contributed by atoms with E-state index in [-0.39, 0.29) is 6.10 Å². The number of ether oxygens (including phenoxy) is 2. The van der Waals surface area contributed by atoms with Crippen LogP contribution in [-0.2, 0) is 22.4 Å². The molecule has 1 atom stereocenters. The SMILES string of the molecule is ClCCc1nc2ccccc2n1CC1COCCO1.